The van der Waals surface area contributed by atoms with Gasteiger partial charge in [-0.3, -0.25) is 14.2 Å². The number of benzene rings is 1. The molecule has 1 heterocycles. The van der Waals surface area contributed by atoms with Crippen molar-refractivity contribution in [1.29, 1.82) is 0 Å². The van der Waals surface area contributed by atoms with E-state index in [1.165, 1.54) is 13.8 Å². The summed E-state index contributed by atoms with van der Waals surface area (Å²) in [4.78, 5) is 22.0. The minimum atomic E-state index is -0.356. The van der Waals surface area contributed by atoms with Gasteiger partial charge < -0.3 is 4.74 Å². The van der Waals surface area contributed by atoms with Crippen LogP contribution >= 0.6 is 0 Å². The minimum Gasteiger partial charge on any atom is -0.427 e. The number of hydrogen-bond donors (Lipinski definition) is 0. The van der Waals surface area contributed by atoms with Crippen LogP contribution in [0, 0.1) is 0 Å². The highest BCUT2D eigenvalue weighted by Gasteiger charge is 2.06. The van der Waals surface area contributed by atoms with Crippen molar-refractivity contribution in [1.82, 2.24) is 4.57 Å². The zero-order chi connectivity index (χ0) is 11.7. The smallest absolute Gasteiger partial charge is 0.308 e. The highest BCUT2D eigenvalue weighted by atomic mass is 16.5. The molecule has 0 aliphatic rings. The molecular weight excluding hydrogens is 206 g/mol. The first-order valence-corrected chi connectivity index (χ1v) is 4.88. The van der Waals surface area contributed by atoms with E-state index in [2.05, 4.69) is 0 Å². The van der Waals surface area contributed by atoms with Crippen LogP contribution in [0.5, 0.6) is 5.75 Å². The first-order chi connectivity index (χ1) is 7.58. The summed E-state index contributed by atoms with van der Waals surface area (Å²) >= 11 is 0. The van der Waals surface area contributed by atoms with Crippen LogP contribution in [-0.4, -0.2) is 16.4 Å². The van der Waals surface area contributed by atoms with E-state index in [1.807, 2.05) is 6.07 Å². The average molecular weight is 217 g/mol. The van der Waals surface area contributed by atoms with Crippen molar-refractivity contribution in [2.45, 2.75) is 13.8 Å². The van der Waals surface area contributed by atoms with Crippen LogP contribution in [0.2, 0.25) is 0 Å². The zero-order valence-electron chi connectivity index (χ0n) is 9.06. The van der Waals surface area contributed by atoms with Crippen molar-refractivity contribution >= 4 is 22.8 Å². The van der Waals surface area contributed by atoms with Gasteiger partial charge in [0.15, 0.2) is 0 Å². The minimum absolute atomic E-state index is 0.0461. The largest absolute Gasteiger partial charge is 0.427 e. The van der Waals surface area contributed by atoms with Crippen LogP contribution in [0.4, 0.5) is 0 Å². The van der Waals surface area contributed by atoms with Crippen molar-refractivity contribution in [3.63, 3.8) is 0 Å². The predicted octanol–water partition coefficient (Wildman–Crippen LogP) is 2.23. The van der Waals surface area contributed by atoms with Gasteiger partial charge in [0, 0.05) is 25.4 Å². The SMILES string of the molecule is CC(=O)Oc1ccc2c(ccn2C(C)=O)c1. The fourth-order valence-corrected chi connectivity index (χ4v) is 1.62. The van der Waals surface area contributed by atoms with E-state index in [0.717, 1.165) is 10.9 Å². The Balaban J connectivity index is 2.49. The monoisotopic (exact) mass is 217 g/mol. The number of carbonyl (C=O) groups is 2. The molecule has 16 heavy (non-hydrogen) atoms. The van der Waals surface area contributed by atoms with Gasteiger partial charge in [0.25, 0.3) is 0 Å². The summed E-state index contributed by atoms with van der Waals surface area (Å²) < 4.78 is 6.51. The van der Waals surface area contributed by atoms with E-state index in [-0.39, 0.29) is 11.9 Å². The van der Waals surface area contributed by atoms with Gasteiger partial charge in [-0.05, 0) is 24.3 Å². The molecule has 0 aliphatic heterocycles. The molecule has 0 bridgehead atoms. The molecule has 0 amide bonds. The molecule has 0 saturated heterocycles. The Bertz CT molecular complexity index is 569. The second kappa shape index (κ2) is 3.81. The molecule has 0 radical (unpaired) electrons. The highest BCUT2D eigenvalue weighted by Crippen LogP contribution is 2.22. The van der Waals surface area contributed by atoms with Crippen LogP contribution in [0.25, 0.3) is 10.9 Å². The van der Waals surface area contributed by atoms with Crippen molar-refractivity contribution in [3.8, 4) is 5.75 Å². The average Bonchev–Trinajstić information content (AvgIpc) is 2.59. The summed E-state index contributed by atoms with van der Waals surface area (Å²) in [5.41, 5.74) is 0.809. The third-order valence-corrected chi connectivity index (χ3v) is 2.26. The standard InChI is InChI=1S/C12H11NO3/c1-8(14)13-6-5-10-7-11(16-9(2)15)3-4-12(10)13/h3-7H,1-2H3. The Hall–Kier alpha value is -2.10. The molecule has 82 valence electrons. The normalized spacial score (nSPS) is 10.4. The molecule has 0 aliphatic carbocycles. The maximum Gasteiger partial charge on any atom is 0.308 e. The van der Waals surface area contributed by atoms with Gasteiger partial charge in [-0.15, -0.1) is 0 Å². The molecule has 0 atom stereocenters. The van der Waals surface area contributed by atoms with Crippen LogP contribution in [0.15, 0.2) is 30.5 Å². The third kappa shape index (κ3) is 1.82. The second-order valence-corrected chi connectivity index (χ2v) is 3.52. The lowest BCUT2D eigenvalue weighted by molar-refractivity contribution is -0.131. The van der Waals surface area contributed by atoms with Crippen molar-refractivity contribution in [3.05, 3.63) is 30.5 Å². The summed E-state index contributed by atoms with van der Waals surface area (Å²) in [7, 11) is 0. The Kier molecular flexibility index (Phi) is 2.48. The van der Waals surface area contributed by atoms with Crippen LogP contribution in [0.3, 0.4) is 0 Å². The lowest BCUT2D eigenvalue weighted by atomic mass is 10.2. The molecule has 2 rings (SSSR count). The fourth-order valence-electron chi connectivity index (χ4n) is 1.62. The maximum absolute atomic E-state index is 11.3. The van der Waals surface area contributed by atoms with Gasteiger partial charge in [0.2, 0.25) is 5.91 Å². The first-order valence-electron chi connectivity index (χ1n) is 4.88. The van der Waals surface area contributed by atoms with E-state index in [0.29, 0.717) is 5.75 Å². The molecule has 4 nitrogen and oxygen atoms in total. The Morgan fingerprint density at radius 1 is 1.19 bits per heavy atom. The fraction of sp³-hybridized carbons (Fsp3) is 0.167. The summed E-state index contributed by atoms with van der Waals surface area (Å²) in [6.07, 6.45) is 1.70. The van der Waals surface area contributed by atoms with Gasteiger partial charge in [-0.1, -0.05) is 0 Å². The number of nitrogens with zero attached hydrogens (tertiary/aromatic N) is 1. The number of fused-ring (bicyclic) bond motifs is 1. The lowest BCUT2D eigenvalue weighted by Crippen LogP contribution is -2.03. The number of ether oxygens (including phenoxy) is 1. The number of aromatic nitrogens is 1. The molecule has 0 saturated carbocycles. The molecule has 0 fully saturated rings. The number of esters is 1. The molecule has 2 aromatic rings. The second-order valence-electron chi connectivity index (χ2n) is 3.52. The summed E-state index contributed by atoms with van der Waals surface area (Å²) in [5.74, 6) is 0.0851. The van der Waals surface area contributed by atoms with Crippen molar-refractivity contribution in [2.24, 2.45) is 0 Å². The van der Waals surface area contributed by atoms with E-state index >= 15 is 0 Å². The van der Waals surface area contributed by atoms with E-state index < -0.39 is 0 Å². The Morgan fingerprint density at radius 3 is 2.56 bits per heavy atom. The van der Waals surface area contributed by atoms with Gasteiger partial charge in [0.05, 0.1) is 5.52 Å². The van der Waals surface area contributed by atoms with Gasteiger partial charge in [-0.25, -0.2) is 0 Å². The molecule has 1 aromatic carbocycles. The topological polar surface area (TPSA) is 48.3 Å². The van der Waals surface area contributed by atoms with Gasteiger partial charge in [0.1, 0.15) is 5.75 Å². The quantitative estimate of drug-likeness (QED) is 0.543. The van der Waals surface area contributed by atoms with Crippen molar-refractivity contribution in [2.75, 3.05) is 0 Å². The zero-order valence-corrected chi connectivity index (χ0v) is 9.06. The number of hydrogen-bond acceptors (Lipinski definition) is 3. The summed E-state index contributed by atoms with van der Waals surface area (Å²) in [6, 6.07) is 6.97. The number of carbonyl (C=O) groups excluding carboxylic acids is 2. The highest BCUT2D eigenvalue weighted by molar-refractivity contribution is 5.92. The van der Waals surface area contributed by atoms with E-state index in [1.54, 1.807) is 29.0 Å². The predicted molar refractivity (Wildman–Crippen MR) is 59.5 cm³/mol. The van der Waals surface area contributed by atoms with Gasteiger partial charge in [-0.2, -0.15) is 0 Å². The van der Waals surface area contributed by atoms with E-state index in [9.17, 15) is 9.59 Å². The summed E-state index contributed by atoms with van der Waals surface area (Å²) in [6.45, 7) is 2.85. The Labute approximate surface area is 92.4 Å². The first kappa shape index (κ1) is 10.4. The van der Waals surface area contributed by atoms with E-state index in [4.69, 9.17) is 4.74 Å². The van der Waals surface area contributed by atoms with Crippen LogP contribution in [-0.2, 0) is 4.79 Å². The molecule has 0 spiro atoms. The van der Waals surface area contributed by atoms with Crippen LogP contribution < -0.4 is 4.74 Å². The molecular formula is C12H11NO3. The van der Waals surface area contributed by atoms with Crippen molar-refractivity contribution < 1.29 is 14.3 Å². The molecule has 0 N–H and O–H groups in total. The molecule has 4 heteroatoms. The third-order valence-electron chi connectivity index (χ3n) is 2.26. The van der Waals surface area contributed by atoms with Gasteiger partial charge >= 0.3 is 5.97 Å². The molecule has 0 unspecified atom stereocenters. The Morgan fingerprint density at radius 2 is 1.94 bits per heavy atom. The molecule has 1 aromatic heterocycles. The van der Waals surface area contributed by atoms with Crippen LogP contribution in [0.1, 0.15) is 18.6 Å². The maximum atomic E-state index is 11.3. The lowest BCUT2D eigenvalue weighted by Gasteiger charge is -2.02. The summed E-state index contributed by atoms with van der Waals surface area (Å²) in [5, 5.41) is 0.869. The number of rotatable bonds is 1.